The number of rotatable bonds is 6. The zero-order valence-electron chi connectivity index (χ0n) is 12.4. The number of halogens is 2. The predicted octanol–water partition coefficient (Wildman–Crippen LogP) is 0.903. The van der Waals surface area contributed by atoms with Crippen LogP contribution in [0.2, 0.25) is 0 Å². The molecule has 0 aromatic heterocycles. The third kappa shape index (κ3) is 5.01. The Kier molecular flexibility index (Phi) is 6.23. The number of benzene rings is 1. The summed E-state index contributed by atoms with van der Waals surface area (Å²) in [4.78, 5) is 16.2. The average Bonchev–Trinajstić information content (AvgIpc) is 2.51. The fourth-order valence-electron chi connectivity index (χ4n) is 2.43. The third-order valence-corrected chi connectivity index (χ3v) is 3.74. The summed E-state index contributed by atoms with van der Waals surface area (Å²) >= 11 is 0. The Balaban J connectivity index is 1.71. The quantitative estimate of drug-likeness (QED) is 0.819. The molecule has 2 N–H and O–H groups in total. The number of hydrogen-bond acceptors (Lipinski definition) is 4. The predicted molar refractivity (Wildman–Crippen MR) is 79.6 cm³/mol. The summed E-state index contributed by atoms with van der Waals surface area (Å²) in [6, 6.07) is 3.30. The van der Waals surface area contributed by atoms with Crippen molar-refractivity contribution in [2.75, 3.05) is 51.2 Å². The van der Waals surface area contributed by atoms with E-state index in [2.05, 4.69) is 15.1 Å². The van der Waals surface area contributed by atoms with E-state index in [0.717, 1.165) is 38.3 Å². The Hall–Kier alpha value is -1.57. The Morgan fingerprint density at radius 3 is 2.32 bits per heavy atom. The summed E-state index contributed by atoms with van der Waals surface area (Å²) in [6.07, 6.45) is 0.305. The lowest BCUT2D eigenvalue weighted by Crippen LogP contribution is -2.47. The molecule has 2 rings (SSSR count). The molecule has 0 unspecified atom stereocenters. The van der Waals surface area contributed by atoms with Gasteiger partial charge in [-0.05, 0) is 12.1 Å². The van der Waals surface area contributed by atoms with E-state index >= 15 is 0 Å². The number of nitrogens with one attached hydrogen (secondary N) is 1. The summed E-state index contributed by atoms with van der Waals surface area (Å²) in [5, 5.41) is 11.4. The summed E-state index contributed by atoms with van der Waals surface area (Å²) in [5.41, 5.74) is 0.261. The number of hydrogen-bond donors (Lipinski definition) is 2. The van der Waals surface area contributed by atoms with E-state index < -0.39 is 11.6 Å². The maximum Gasteiger partial charge on any atom is 0.225 e. The van der Waals surface area contributed by atoms with Crippen LogP contribution in [0.25, 0.3) is 0 Å². The van der Waals surface area contributed by atoms with Crippen molar-refractivity contribution >= 4 is 11.6 Å². The molecule has 5 nitrogen and oxygen atoms in total. The van der Waals surface area contributed by atoms with Crippen LogP contribution in [0.4, 0.5) is 14.5 Å². The molecule has 22 heavy (non-hydrogen) atoms. The van der Waals surface area contributed by atoms with Crippen LogP contribution in [0.3, 0.4) is 0 Å². The van der Waals surface area contributed by atoms with Gasteiger partial charge in [-0.3, -0.25) is 9.69 Å². The van der Waals surface area contributed by atoms with Crippen molar-refractivity contribution in [3.8, 4) is 0 Å². The van der Waals surface area contributed by atoms with Gasteiger partial charge >= 0.3 is 0 Å². The number of nitrogens with zero attached hydrogens (tertiary/aromatic N) is 2. The molecule has 0 radical (unpaired) electrons. The monoisotopic (exact) mass is 313 g/mol. The van der Waals surface area contributed by atoms with Crippen molar-refractivity contribution < 1.29 is 18.7 Å². The lowest BCUT2D eigenvalue weighted by atomic mass is 10.2. The highest BCUT2D eigenvalue weighted by atomic mass is 19.2. The summed E-state index contributed by atoms with van der Waals surface area (Å²) in [6.45, 7) is 4.96. The molecule has 122 valence electrons. The Labute approximate surface area is 128 Å². The van der Waals surface area contributed by atoms with Gasteiger partial charge in [0.05, 0.1) is 6.61 Å². The molecule has 1 aromatic carbocycles. The second-order valence-corrected chi connectivity index (χ2v) is 5.33. The molecule has 0 aliphatic carbocycles. The molecule has 7 heteroatoms. The highest BCUT2D eigenvalue weighted by Crippen LogP contribution is 2.13. The van der Waals surface area contributed by atoms with Crippen LogP contribution >= 0.6 is 0 Å². The zero-order valence-corrected chi connectivity index (χ0v) is 12.4. The maximum absolute atomic E-state index is 13.0. The molecule has 0 saturated carbocycles. The van der Waals surface area contributed by atoms with E-state index in [1.165, 1.54) is 6.07 Å². The molecule has 1 heterocycles. The normalized spacial score (nSPS) is 16.7. The number of piperazine rings is 1. The van der Waals surface area contributed by atoms with Gasteiger partial charge in [0.25, 0.3) is 0 Å². The van der Waals surface area contributed by atoms with E-state index in [4.69, 9.17) is 5.11 Å². The minimum absolute atomic E-state index is 0.163. The number of aliphatic hydroxyl groups excluding tert-OH is 1. The van der Waals surface area contributed by atoms with Crippen LogP contribution in [0, 0.1) is 11.6 Å². The van der Waals surface area contributed by atoms with Gasteiger partial charge < -0.3 is 15.3 Å². The van der Waals surface area contributed by atoms with E-state index in [0.29, 0.717) is 19.5 Å². The Bertz CT molecular complexity index is 506. The second-order valence-electron chi connectivity index (χ2n) is 5.33. The molecular weight excluding hydrogens is 292 g/mol. The molecular formula is C15H21F2N3O2. The van der Waals surface area contributed by atoms with Gasteiger partial charge in [-0.15, -0.1) is 0 Å². The standard InChI is InChI=1S/C15H21F2N3O2/c16-13-2-1-12(11-14(13)17)18-15(22)3-4-19-5-7-20(8-6-19)9-10-21/h1-2,11,21H,3-10H2,(H,18,22). The molecule has 1 amide bonds. The first-order valence-corrected chi connectivity index (χ1v) is 7.39. The molecule has 1 aromatic rings. The van der Waals surface area contributed by atoms with Crippen LogP contribution in [0.15, 0.2) is 18.2 Å². The van der Waals surface area contributed by atoms with Crippen LogP contribution < -0.4 is 5.32 Å². The average molecular weight is 313 g/mol. The first-order chi connectivity index (χ1) is 10.6. The van der Waals surface area contributed by atoms with Gasteiger partial charge in [0.2, 0.25) is 5.91 Å². The molecule has 0 bridgehead atoms. The highest BCUT2D eigenvalue weighted by molar-refractivity contribution is 5.90. The molecule has 1 aliphatic rings. The largest absolute Gasteiger partial charge is 0.395 e. The van der Waals surface area contributed by atoms with Gasteiger partial charge in [0.1, 0.15) is 0 Å². The van der Waals surface area contributed by atoms with Crippen molar-refractivity contribution in [2.45, 2.75) is 6.42 Å². The minimum atomic E-state index is -0.974. The van der Waals surface area contributed by atoms with Gasteiger partial charge in [0.15, 0.2) is 11.6 Å². The summed E-state index contributed by atoms with van der Waals surface area (Å²) in [5.74, 6) is -2.12. The molecule has 1 aliphatic heterocycles. The van der Waals surface area contributed by atoms with Crippen molar-refractivity contribution in [1.29, 1.82) is 0 Å². The summed E-state index contributed by atoms with van der Waals surface area (Å²) in [7, 11) is 0. The van der Waals surface area contributed by atoms with Gasteiger partial charge in [-0.1, -0.05) is 0 Å². The molecule has 1 fully saturated rings. The van der Waals surface area contributed by atoms with Gasteiger partial charge in [-0.2, -0.15) is 0 Å². The van der Waals surface area contributed by atoms with Crippen molar-refractivity contribution in [1.82, 2.24) is 9.80 Å². The summed E-state index contributed by atoms with van der Waals surface area (Å²) < 4.78 is 25.8. The van der Waals surface area contributed by atoms with Crippen molar-refractivity contribution in [3.63, 3.8) is 0 Å². The number of β-amino-alcohol motifs (C(OH)–C–C–N with tert-alkyl or cyclic N) is 1. The SMILES string of the molecule is O=C(CCN1CCN(CCO)CC1)Nc1ccc(F)c(F)c1. The van der Waals surface area contributed by atoms with Crippen LogP contribution in [0.1, 0.15) is 6.42 Å². The third-order valence-electron chi connectivity index (χ3n) is 3.74. The number of aliphatic hydroxyl groups is 1. The van der Waals surface area contributed by atoms with E-state index in [1.807, 2.05) is 0 Å². The second kappa shape index (κ2) is 8.17. The van der Waals surface area contributed by atoms with E-state index in [1.54, 1.807) is 0 Å². The fraction of sp³-hybridized carbons (Fsp3) is 0.533. The van der Waals surface area contributed by atoms with Crippen LogP contribution in [-0.4, -0.2) is 66.7 Å². The van der Waals surface area contributed by atoms with Crippen LogP contribution in [-0.2, 0) is 4.79 Å². The van der Waals surface area contributed by atoms with E-state index in [-0.39, 0.29) is 18.2 Å². The number of anilines is 1. The van der Waals surface area contributed by atoms with Crippen LogP contribution in [0.5, 0.6) is 0 Å². The Morgan fingerprint density at radius 2 is 1.73 bits per heavy atom. The van der Waals surface area contributed by atoms with Gasteiger partial charge in [-0.25, -0.2) is 8.78 Å². The fourth-order valence-corrected chi connectivity index (χ4v) is 2.43. The minimum Gasteiger partial charge on any atom is -0.395 e. The van der Waals surface area contributed by atoms with Crippen molar-refractivity contribution in [2.24, 2.45) is 0 Å². The maximum atomic E-state index is 13.0. The lowest BCUT2D eigenvalue weighted by molar-refractivity contribution is -0.116. The highest BCUT2D eigenvalue weighted by Gasteiger charge is 2.17. The number of carbonyl (C=O) groups excluding carboxylic acids is 1. The first-order valence-electron chi connectivity index (χ1n) is 7.39. The van der Waals surface area contributed by atoms with Crippen molar-refractivity contribution in [3.05, 3.63) is 29.8 Å². The molecule has 0 spiro atoms. The van der Waals surface area contributed by atoms with Gasteiger partial charge in [0, 0.05) is 57.4 Å². The Morgan fingerprint density at radius 1 is 1.09 bits per heavy atom. The molecule has 0 atom stereocenters. The smallest absolute Gasteiger partial charge is 0.225 e. The van der Waals surface area contributed by atoms with E-state index in [9.17, 15) is 13.6 Å². The topological polar surface area (TPSA) is 55.8 Å². The first kappa shape index (κ1) is 16.8. The number of carbonyl (C=O) groups is 1. The molecule has 1 saturated heterocycles. The number of amides is 1. The zero-order chi connectivity index (χ0) is 15.9. The lowest BCUT2D eigenvalue weighted by Gasteiger charge is -2.34.